The van der Waals surface area contributed by atoms with Crippen molar-refractivity contribution >= 4 is 6.09 Å². The van der Waals surface area contributed by atoms with E-state index in [1.807, 2.05) is 19.9 Å². The molecule has 0 radical (unpaired) electrons. The number of carbonyl (C=O) groups excluding carboxylic acids is 1. The number of amides is 1. The standard InChI is InChI=1S/C12H19NO3/c1-8(2)5-6-10-9-7-15-12(3,4)13(9)11(14)16-10/h5-6,8-10H,7H2,1-4H3/b6-5+. The van der Waals surface area contributed by atoms with Gasteiger partial charge in [-0.25, -0.2) is 4.79 Å². The van der Waals surface area contributed by atoms with E-state index in [1.54, 1.807) is 4.90 Å². The maximum Gasteiger partial charge on any atom is 0.413 e. The first-order valence-corrected chi connectivity index (χ1v) is 5.74. The van der Waals surface area contributed by atoms with Gasteiger partial charge >= 0.3 is 6.09 Å². The molecule has 0 aromatic rings. The maximum absolute atomic E-state index is 11.7. The van der Waals surface area contributed by atoms with E-state index in [4.69, 9.17) is 9.47 Å². The van der Waals surface area contributed by atoms with E-state index in [9.17, 15) is 4.79 Å². The quantitative estimate of drug-likeness (QED) is 0.676. The molecule has 2 aliphatic rings. The van der Waals surface area contributed by atoms with Crippen LogP contribution in [0.5, 0.6) is 0 Å². The van der Waals surface area contributed by atoms with Gasteiger partial charge in [0.15, 0.2) is 0 Å². The first-order valence-electron chi connectivity index (χ1n) is 5.74. The van der Waals surface area contributed by atoms with Crippen molar-refractivity contribution in [3.8, 4) is 0 Å². The van der Waals surface area contributed by atoms with Crippen LogP contribution in [0.15, 0.2) is 12.2 Å². The zero-order valence-electron chi connectivity index (χ0n) is 10.3. The molecular formula is C12H19NO3. The average Bonchev–Trinajstić information content (AvgIpc) is 2.64. The van der Waals surface area contributed by atoms with Crippen LogP contribution >= 0.6 is 0 Å². The van der Waals surface area contributed by atoms with Gasteiger partial charge in [0.1, 0.15) is 17.9 Å². The summed E-state index contributed by atoms with van der Waals surface area (Å²) >= 11 is 0. The fourth-order valence-corrected chi connectivity index (χ4v) is 2.18. The molecule has 0 spiro atoms. The van der Waals surface area contributed by atoms with Gasteiger partial charge in [0, 0.05) is 0 Å². The van der Waals surface area contributed by atoms with Crippen molar-refractivity contribution in [2.75, 3.05) is 6.61 Å². The number of ether oxygens (including phenoxy) is 2. The largest absolute Gasteiger partial charge is 0.439 e. The zero-order valence-corrected chi connectivity index (χ0v) is 10.3. The molecule has 2 heterocycles. The van der Waals surface area contributed by atoms with Gasteiger partial charge in [-0.3, -0.25) is 4.90 Å². The van der Waals surface area contributed by atoms with Crippen molar-refractivity contribution in [3.63, 3.8) is 0 Å². The lowest BCUT2D eigenvalue weighted by Gasteiger charge is -2.26. The summed E-state index contributed by atoms with van der Waals surface area (Å²) in [5.41, 5.74) is -0.540. The molecule has 0 aromatic carbocycles. The molecule has 2 atom stereocenters. The molecule has 0 bridgehead atoms. The van der Waals surface area contributed by atoms with Crippen LogP contribution in [0, 0.1) is 5.92 Å². The number of nitrogens with zero attached hydrogens (tertiary/aromatic N) is 1. The van der Waals surface area contributed by atoms with Gasteiger partial charge in [0.25, 0.3) is 0 Å². The zero-order chi connectivity index (χ0) is 11.9. The summed E-state index contributed by atoms with van der Waals surface area (Å²) in [5.74, 6) is 0.461. The van der Waals surface area contributed by atoms with E-state index in [0.29, 0.717) is 12.5 Å². The number of hydrogen-bond acceptors (Lipinski definition) is 3. The van der Waals surface area contributed by atoms with E-state index < -0.39 is 5.72 Å². The number of carbonyl (C=O) groups is 1. The molecule has 2 rings (SSSR count). The number of allylic oxidation sites excluding steroid dienone is 1. The van der Waals surface area contributed by atoms with Crippen molar-refractivity contribution in [1.29, 1.82) is 0 Å². The van der Waals surface area contributed by atoms with Gasteiger partial charge in [-0.15, -0.1) is 0 Å². The van der Waals surface area contributed by atoms with Crippen LogP contribution in [0.3, 0.4) is 0 Å². The van der Waals surface area contributed by atoms with Gasteiger partial charge < -0.3 is 9.47 Å². The van der Waals surface area contributed by atoms with Crippen LogP contribution in [-0.4, -0.2) is 35.5 Å². The lowest BCUT2D eigenvalue weighted by Crippen LogP contribution is -2.43. The fourth-order valence-electron chi connectivity index (χ4n) is 2.18. The lowest BCUT2D eigenvalue weighted by molar-refractivity contribution is -0.0381. The SMILES string of the molecule is CC(C)/C=C/C1OC(=O)N2C1COC2(C)C. The summed E-state index contributed by atoms with van der Waals surface area (Å²) in [4.78, 5) is 13.4. The Balaban J connectivity index is 2.14. The maximum atomic E-state index is 11.7. The van der Waals surface area contributed by atoms with E-state index >= 15 is 0 Å². The molecule has 2 unspecified atom stereocenters. The summed E-state index contributed by atoms with van der Waals surface area (Å²) in [5, 5.41) is 0. The molecule has 16 heavy (non-hydrogen) atoms. The Kier molecular flexibility index (Phi) is 2.70. The van der Waals surface area contributed by atoms with Crippen LogP contribution in [0.2, 0.25) is 0 Å². The molecule has 1 amide bonds. The third-order valence-corrected chi connectivity index (χ3v) is 3.02. The minimum atomic E-state index is -0.540. The minimum absolute atomic E-state index is 0.0255. The predicted molar refractivity (Wildman–Crippen MR) is 59.9 cm³/mol. The fraction of sp³-hybridized carbons (Fsp3) is 0.750. The lowest BCUT2D eigenvalue weighted by atomic mass is 10.1. The van der Waals surface area contributed by atoms with Gasteiger partial charge in [-0.2, -0.15) is 0 Å². The summed E-state index contributed by atoms with van der Waals surface area (Å²) in [6, 6.07) is 0.0255. The molecule has 2 aliphatic heterocycles. The monoisotopic (exact) mass is 225 g/mol. The van der Waals surface area contributed by atoms with Gasteiger partial charge in [0.05, 0.1) is 6.61 Å². The number of rotatable bonds is 2. The third-order valence-electron chi connectivity index (χ3n) is 3.02. The normalized spacial score (nSPS) is 32.6. The Morgan fingerprint density at radius 3 is 2.81 bits per heavy atom. The van der Waals surface area contributed by atoms with Crippen LogP contribution < -0.4 is 0 Å². The Labute approximate surface area is 96.2 Å². The summed E-state index contributed by atoms with van der Waals surface area (Å²) < 4.78 is 10.9. The molecule has 4 nitrogen and oxygen atoms in total. The smallest absolute Gasteiger partial charge is 0.413 e. The first-order chi connectivity index (χ1) is 7.42. The summed E-state index contributed by atoms with van der Waals surface area (Å²) in [7, 11) is 0. The van der Waals surface area contributed by atoms with Crippen molar-refractivity contribution in [2.24, 2.45) is 5.92 Å². The summed E-state index contributed by atoms with van der Waals surface area (Å²) in [6.45, 7) is 8.53. The van der Waals surface area contributed by atoms with E-state index in [0.717, 1.165) is 0 Å². The molecule has 0 saturated carbocycles. The molecular weight excluding hydrogens is 206 g/mol. The van der Waals surface area contributed by atoms with E-state index in [2.05, 4.69) is 19.9 Å². The van der Waals surface area contributed by atoms with Gasteiger partial charge in [-0.05, 0) is 25.8 Å². The highest BCUT2D eigenvalue weighted by atomic mass is 16.6. The topological polar surface area (TPSA) is 38.8 Å². The molecule has 0 aliphatic carbocycles. The molecule has 4 heteroatoms. The van der Waals surface area contributed by atoms with E-state index in [-0.39, 0.29) is 18.2 Å². The number of hydrogen-bond donors (Lipinski definition) is 0. The molecule has 2 saturated heterocycles. The number of fused-ring (bicyclic) bond motifs is 1. The van der Waals surface area contributed by atoms with Crippen LogP contribution in [0.25, 0.3) is 0 Å². The minimum Gasteiger partial charge on any atom is -0.439 e. The Hall–Kier alpha value is -1.03. The van der Waals surface area contributed by atoms with Crippen molar-refractivity contribution < 1.29 is 14.3 Å². The third kappa shape index (κ3) is 1.82. The van der Waals surface area contributed by atoms with Crippen molar-refractivity contribution in [2.45, 2.75) is 45.6 Å². The van der Waals surface area contributed by atoms with Crippen LogP contribution in [0.1, 0.15) is 27.7 Å². The Morgan fingerprint density at radius 1 is 1.50 bits per heavy atom. The second-order valence-corrected chi connectivity index (χ2v) is 5.17. The Morgan fingerprint density at radius 2 is 2.19 bits per heavy atom. The Bertz CT molecular complexity index is 322. The van der Waals surface area contributed by atoms with Crippen molar-refractivity contribution in [1.82, 2.24) is 4.90 Å². The second kappa shape index (κ2) is 3.77. The van der Waals surface area contributed by atoms with E-state index in [1.165, 1.54) is 0 Å². The van der Waals surface area contributed by atoms with Crippen LogP contribution in [0.4, 0.5) is 4.79 Å². The van der Waals surface area contributed by atoms with Gasteiger partial charge in [-0.1, -0.05) is 19.9 Å². The predicted octanol–water partition coefficient (Wildman–Crippen LogP) is 2.15. The van der Waals surface area contributed by atoms with Gasteiger partial charge in [0.2, 0.25) is 0 Å². The average molecular weight is 225 g/mol. The molecule has 0 aromatic heterocycles. The van der Waals surface area contributed by atoms with Crippen molar-refractivity contribution in [3.05, 3.63) is 12.2 Å². The highest BCUT2D eigenvalue weighted by Crippen LogP contribution is 2.35. The summed E-state index contributed by atoms with van der Waals surface area (Å²) in [6.07, 6.45) is 3.59. The molecule has 0 N–H and O–H groups in total. The first kappa shape index (κ1) is 11.5. The second-order valence-electron chi connectivity index (χ2n) is 5.17. The molecule has 2 fully saturated rings. The highest BCUT2D eigenvalue weighted by molar-refractivity contribution is 5.72. The van der Waals surface area contributed by atoms with Crippen LogP contribution in [-0.2, 0) is 9.47 Å². The highest BCUT2D eigenvalue weighted by Gasteiger charge is 2.53. The number of cyclic esters (lactones) is 1. The molecule has 90 valence electrons.